The van der Waals surface area contributed by atoms with Crippen molar-refractivity contribution in [2.45, 2.75) is 95.2 Å². The third-order valence-electron chi connectivity index (χ3n) is 9.75. The van der Waals surface area contributed by atoms with E-state index in [1.54, 1.807) is 37.3 Å². The summed E-state index contributed by atoms with van der Waals surface area (Å²) in [7, 11) is -2.56. The van der Waals surface area contributed by atoms with Crippen molar-refractivity contribution in [3.05, 3.63) is 100 Å². The molecule has 13 nitrogen and oxygen atoms in total. The van der Waals surface area contributed by atoms with Gasteiger partial charge in [-0.3, -0.25) is 14.7 Å². The molecule has 0 spiro atoms. The number of hydrogen-bond donors (Lipinski definition) is 3. The zero-order valence-electron chi connectivity index (χ0n) is 30.1. The number of aliphatic hydroxyl groups is 1. The van der Waals surface area contributed by atoms with Gasteiger partial charge >= 0.3 is 6.09 Å². The Kier molecular flexibility index (Phi) is 15.2. The van der Waals surface area contributed by atoms with E-state index in [9.17, 15) is 33.1 Å². The minimum Gasteiger partial charge on any atom is -0.465 e. The Morgan fingerprint density at radius 3 is 2.29 bits per heavy atom. The number of nitroso groups, excluding NO2 is 1. The van der Waals surface area contributed by atoms with Crippen molar-refractivity contribution in [3.63, 3.8) is 0 Å². The van der Waals surface area contributed by atoms with E-state index in [0.29, 0.717) is 23.4 Å². The molecule has 3 aromatic rings. The van der Waals surface area contributed by atoms with Crippen molar-refractivity contribution in [1.29, 1.82) is 0 Å². The van der Waals surface area contributed by atoms with Crippen LogP contribution in [-0.2, 0) is 45.7 Å². The topological polar surface area (TPSA) is 179 Å². The zero-order valence-corrected chi connectivity index (χ0v) is 31.0. The van der Waals surface area contributed by atoms with E-state index < -0.39 is 46.1 Å². The van der Waals surface area contributed by atoms with Gasteiger partial charge in [0.15, 0.2) is 0 Å². The van der Waals surface area contributed by atoms with Crippen molar-refractivity contribution in [2.75, 3.05) is 20.2 Å². The van der Waals surface area contributed by atoms with E-state index in [2.05, 4.69) is 15.5 Å². The number of aliphatic hydroxyl groups excluding tert-OH is 1. The first kappa shape index (κ1) is 40.5. The molecule has 4 atom stereocenters. The first-order valence-corrected chi connectivity index (χ1v) is 19.2. The number of methoxy groups -OCH3 is 1. The largest absolute Gasteiger partial charge is 0.465 e. The summed E-state index contributed by atoms with van der Waals surface area (Å²) in [6, 6.07) is 18.3. The fraction of sp³-hybridized carbons (Fsp3) is 0.500. The maximum atomic E-state index is 14.3. The summed E-state index contributed by atoms with van der Waals surface area (Å²) in [5.74, 6) is -0.906. The van der Waals surface area contributed by atoms with Crippen LogP contribution in [-0.4, -0.2) is 83.2 Å². The molecule has 3 N–H and O–H groups in total. The average molecular weight is 738 g/mol. The number of hydrogen-bond acceptors (Lipinski definition) is 9. The molecular formula is C38H51N5O8S. The molecule has 1 fully saturated rings. The molecule has 1 aliphatic rings. The van der Waals surface area contributed by atoms with Crippen LogP contribution in [0.2, 0.25) is 0 Å². The minimum absolute atomic E-state index is 0.0214. The Labute approximate surface area is 306 Å². The molecule has 2 aromatic carbocycles. The first-order valence-electron chi connectivity index (χ1n) is 17.8. The van der Waals surface area contributed by atoms with Gasteiger partial charge < -0.3 is 20.3 Å². The number of carbonyl (C=O) groups excluding carboxylic acids is 1. The van der Waals surface area contributed by atoms with Crippen molar-refractivity contribution in [1.82, 2.24) is 19.5 Å². The molecule has 0 bridgehead atoms. The summed E-state index contributed by atoms with van der Waals surface area (Å²) in [5, 5.41) is 28.1. The number of sulfonamides is 1. The van der Waals surface area contributed by atoms with Gasteiger partial charge in [0.1, 0.15) is 12.6 Å². The molecule has 1 heterocycles. The number of amides is 2. The van der Waals surface area contributed by atoms with Gasteiger partial charge in [-0.1, -0.05) is 86.8 Å². The van der Waals surface area contributed by atoms with Crippen LogP contribution in [0, 0.1) is 16.7 Å². The van der Waals surface area contributed by atoms with E-state index in [0.717, 1.165) is 36.1 Å². The highest BCUT2D eigenvalue weighted by atomic mass is 32.2. The van der Waals surface area contributed by atoms with E-state index in [1.165, 1.54) is 23.5 Å². The Bertz CT molecular complexity index is 1700. The van der Waals surface area contributed by atoms with E-state index in [4.69, 9.17) is 4.74 Å². The monoisotopic (exact) mass is 737 g/mol. The summed E-state index contributed by atoms with van der Waals surface area (Å²) in [5.41, 5.74) is 2.44. The zero-order chi connectivity index (χ0) is 37.7. The fourth-order valence-electron chi connectivity index (χ4n) is 6.73. The second-order valence-electron chi connectivity index (χ2n) is 13.6. The molecule has 4 rings (SSSR count). The number of rotatable bonds is 20. The van der Waals surface area contributed by atoms with Gasteiger partial charge in [-0.25, -0.2) is 13.2 Å². The van der Waals surface area contributed by atoms with Crippen molar-refractivity contribution in [2.24, 2.45) is 17.0 Å². The number of nitrogens with one attached hydrogen (secondary N) is 1. The normalized spacial score (nSPS) is 15.9. The molecule has 0 radical (unpaired) electrons. The predicted molar refractivity (Wildman–Crippen MR) is 197 cm³/mol. The number of carbonyl (C=O) groups is 2. The molecule has 282 valence electrons. The van der Waals surface area contributed by atoms with Crippen molar-refractivity contribution < 1.29 is 33.0 Å². The van der Waals surface area contributed by atoms with Crippen LogP contribution in [0.15, 0.2) is 82.9 Å². The van der Waals surface area contributed by atoms with Crippen LogP contribution >= 0.6 is 0 Å². The Balaban J connectivity index is 1.65. The summed E-state index contributed by atoms with van der Waals surface area (Å²) >= 11 is 0. The molecule has 2 amide bonds. The molecular weight excluding hydrogens is 687 g/mol. The predicted octanol–water partition coefficient (Wildman–Crippen LogP) is 5.36. The standard InChI is InChI=1S/C38H51N5O8S/c1-4-27(2)36(43(38(46)47)24-31-15-10-16-32(40-31)26-51-3)37(45)41-34(21-28-11-6-5-7-12-28)35(44)25-42(23-30-13-8-9-14-30)52(49,50)33-19-17-29(18-20-33)22-39-48/h5-7,10-12,15-20,27,30,34-36,44H,4,8-9,13-14,21-26H2,1-3H3,(H,41,45)(H,46,47)/t27-,34-,35+,36-/m0/s1. The highest BCUT2D eigenvalue weighted by molar-refractivity contribution is 7.89. The van der Waals surface area contributed by atoms with Crippen LogP contribution in [0.25, 0.3) is 0 Å². The van der Waals surface area contributed by atoms with Crippen LogP contribution in [0.3, 0.4) is 0 Å². The van der Waals surface area contributed by atoms with Gasteiger partial charge in [0.25, 0.3) is 0 Å². The molecule has 0 aliphatic heterocycles. The quantitative estimate of drug-likeness (QED) is 0.129. The summed E-state index contributed by atoms with van der Waals surface area (Å²) in [6.45, 7) is 3.55. The third-order valence-corrected chi connectivity index (χ3v) is 11.6. The Morgan fingerprint density at radius 1 is 1.00 bits per heavy atom. The fourth-order valence-corrected chi connectivity index (χ4v) is 8.27. The summed E-state index contributed by atoms with van der Waals surface area (Å²) in [4.78, 5) is 43.4. The van der Waals surface area contributed by atoms with Crippen molar-refractivity contribution in [3.8, 4) is 0 Å². The van der Waals surface area contributed by atoms with Gasteiger partial charge in [0.05, 0.1) is 41.6 Å². The van der Waals surface area contributed by atoms with Gasteiger partial charge in [0.2, 0.25) is 15.9 Å². The smallest absolute Gasteiger partial charge is 0.408 e. The highest BCUT2D eigenvalue weighted by Crippen LogP contribution is 2.29. The molecule has 14 heteroatoms. The number of carboxylic acid groups (broad SMARTS) is 1. The van der Waals surface area contributed by atoms with Crippen LogP contribution in [0.5, 0.6) is 0 Å². The van der Waals surface area contributed by atoms with E-state index in [-0.39, 0.29) is 50.0 Å². The summed E-state index contributed by atoms with van der Waals surface area (Å²) in [6.07, 6.45) is 1.70. The number of nitrogens with zero attached hydrogens (tertiary/aromatic N) is 4. The molecule has 1 saturated carbocycles. The second-order valence-corrected chi connectivity index (χ2v) is 15.5. The van der Waals surface area contributed by atoms with Gasteiger partial charge in [-0.2, -0.15) is 9.21 Å². The highest BCUT2D eigenvalue weighted by Gasteiger charge is 2.38. The number of ether oxygens (including phenoxy) is 1. The second kappa shape index (κ2) is 19.6. The van der Waals surface area contributed by atoms with Gasteiger partial charge in [-0.05, 0) is 66.5 Å². The molecule has 52 heavy (non-hydrogen) atoms. The average Bonchev–Trinajstić information content (AvgIpc) is 3.65. The lowest BCUT2D eigenvalue weighted by atomic mass is 9.94. The summed E-state index contributed by atoms with van der Waals surface area (Å²) < 4.78 is 34.7. The van der Waals surface area contributed by atoms with Crippen LogP contribution < -0.4 is 5.32 Å². The molecule has 1 aromatic heterocycles. The SMILES string of the molecule is CC[C@H](C)[C@@H](C(=O)N[C@@H](Cc1ccccc1)[C@H](O)CN(CC1CCCC1)S(=O)(=O)c1ccc(CN=O)cc1)N(Cc1cccc(COC)n1)C(=O)O. The van der Waals surface area contributed by atoms with Gasteiger partial charge in [-0.15, -0.1) is 0 Å². The Morgan fingerprint density at radius 2 is 1.67 bits per heavy atom. The van der Waals surface area contributed by atoms with E-state index in [1.807, 2.05) is 37.3 Å². The number of aromatic nitrogens is 1. The maximum Gasteiger partial charge on any atom is 0.408 e. The number of pyridine rings is 1. The van der Waals surface area contributed by atoms with Gasteiger partial charge in [0, 0.05) is 20.2 Å². The third kappa shape index (κ3) is 11.1. The molecule has 0 unspecified atom stereocenters. The minimum atomic E-state index is -4.10. The number of benzene rings is 2. The first-order chi connectivity index (χ1) is 25.0. The Hall–Kier alpha value is -4.24. The maximum absolute atomic E-state index is 14.3. The van der Waals surface area contributed by atoms with Crippen molar-refractivity contribution >= 4 is 22.0 Å². The molecule has 1 aliphatic carbocycles. The lowest BCUT2D eigenvalue weighted by Gasteiger charge is -2.35. The van der Waals surface area contributed by atoms with E-state index >= 15 is 0 Å². The van der Waals surface area contributed by atoms with Crippen LogP contribution in [0.1, 0.15) is 68.5 Å². The molecule has 0 saturated heterocycles. The lowest BCUT2D eigenvalue weighted by Crippen LogP contribution is -2.58. The van der Waals surface area contributed by atoms with Crippen LogP contribution in [0.4, 0.5) is 4.79 Å². The lowest BCUT2D eigenvalue weighted by molar-refractivity contribution is -0.129.